The lowest BCUT2D eigenvalue weighted by Crippen LogP contribution is -2.46. The number of thiophene rings is 1. The number of halogens is 1. The van der Waals surface area contributed by atoms with E-state index >= 15 is 0 Å². The summed E-state index contributed by atoms with van der Waals surface area (Å²) in [5.41, 5.74) is 6.43. The molecule has 46 heavy (non-hydrogen) atoms. The average Bonchev–Trinajstić information content (AvgIpc) is 3.49. The molecule has 0 bridgehead atoms. The van der Waals surface area contributed by atoms with Gasteiger partial charge in [0, 0.05) is 76.8 Å². The number of amides is 1. The van der Waals surface area contributed by atoms with Crippen LogP contribution in [0.5, 0.6) is 5.75 Å². The summed E-state index contributed by atoms with van der Waals surface area (Å²) in [6, 6.07) is 16.4. The van der Waals surface area contributed by atoms with Gasteiger partial charge in [0.25, 0.3) is 5.56 Å². The lowest BCUT2D eigenvalue weighted by molar-refractivity contribution is 0.0224. The summed E-state index contributed by atoms with van der Waals surface area (Å²) < 4.78 is 28.4. The number of carbonyl (C=O) groups excluding carboxylic acids is 1. The Kier molecular flexibility index (Phi) is 7.65. The van der Waals surface area contributed by atoms with Gasteiger partial charge < -0.3 is 24.3 Å². The lowest BCUT2D eigenvalue weighted by atomic mass is 9.93. The van der Waals surface area contributed by atoms with Crippen molar-refractivity contribution in [3.8, 4) is 39.4 Å². The molecule has 2 aliphatic heterocycles. The van der Waals surface area contributed by atoms with E-state index in [1.165, 1.54) is 24.8 Å². The van der Waals surface area contributed by atoms with E-state index in [0.29, 0.717) is 31.0 Å². The Morgan fingerprint density at radius 3 is 2.57 bits per heavy atom. The predicted octanol–water partition coefficient (Wildman–Crippen LogP) is 7.04. The van der Waals surface area contributed by atoms with Gasteiger partial charge in [0.15, 0.2) is 0 Å². The number of carbonyl (C=O) groups is 1. The van der Waals surface area contributed by atoms with Crippen LogP contribution in [0.2, 0.25) is 0 Å². The van der Waals surface area contributed by atoms with E-state index in [4.69, 9.17) is 14.5 Å². The zero-order chi connectivity index (χ0) is 32.2. The van der Waals surface area contributed by atoms with E-state index in [9.17, 15) is 14.0 Å². The number of hydrogen-bond acceptors (Lipinski definition) is 7. The molecule has 5 aromatic rings. The van der Waals surface area contributed by atoms with Crippen LogP contribution in [0.4, 0.5) is 9.18 Å². The normalized spacial score (nSPS) is 15.0. The first-order valence-corrected chi connectivity index (χ1v) is 16.3. The highest BCUT2D eigenvalue weighted by atomic mass is 32.1. The number of hydrogen-bond donors (Lipinski definition) is 1. The van der Waals surface area contributed by atoms with Crippen molar-refractivity contribution in [3.63, 3.8) is 0 Å². The molecule has 7 rings (SSSR count). The SMILES string of the molecule is COc1cc(F)ccc1-c1c(-c2ccc(=O)n(C3CNC3)c2)nc(-c2ccc3c(c2)CCN(C(=O)OC(C)(C)C)C3)c2ccsc12. The van der Waals surface area contributed by atoms with E-state index in [2.05, 4.69) is 29.6 Å². The molecule has 0 aliphatic carbocycles. The van der Waals surface area contributed by atoms with Crippen molar-refractivity contribution >= 4 is 27.5 Å². The topological polar surface area (TPSA) is 85.7 Å². The fraction of sp³-hybridized carbons (Fsp3) is 0.306. The summed E-state index contributed by atoms with van der Waals surface area (Å²) in [4.78, 5) is 32.7. The minimum atomic E-state index is -0.553. The molecule has 0 spiro atoms. The highest BCUT2D eigenvalue weighted by Crippen LogP contribution is 2.46. The second-order valence-corrected chi connectivity index (χ2v) is 13.7. The molecular weight excluding hydrogens is 603 g/mol. The van der Waals surface area contributed by atoms with Gasteiger partial charge in [-0.05, 0) is 74.0 Å². The number of pyridine rings is 2. The van der Waals surface area contributed by atoms with Crippen molar-refractivity contribution in [1.29, 1.82) is 0 Å². The van der Waals surface area contributed by atoms with E-state index < -0.39 is 5.60 Å². The maximum Gasteiger partial charge on any atom is 0.410 e. The number of nitrogens with zero attached hydrogens (tertiary/aromatic N) is 3. The Bertz CT molecular complexity index is 2040. The maximum absolute atomic E-state index is 14.4. The standard InChI is InChI=1S/C36H35FN4O4S/c1-36(2,3)45-35(43)40-13-11-21-15-22(5-6-23(21)19-40)32-28-12-14-46-34(28)31(27-9-8-25(37)16-29(27)44-4)33(39-32)24-7-10-30(42)41(20-24)26-17-38-18-26/h5-10,12,14-16,20,26,38H,11,13,17-19H2,1-4H3. The van der Waals surface area contributed by atoms with Gasteiger partial charge in [-0.25, -0.2) is 14.2 Å². The third-order valence-electron chi connectivity index (χ3n) is 8.55. The number of fused-ring (bicyclic) bond motifs is 2. The van der Waals surface area contributed by atoms with Crippen LogP contribution in [-0.4, -0.2) is 52.9 Å². The Hall–Kier alpha value is -4.54. The number of ether oxygens (including phenoxy) is 2. The van der Waals surface area contributed by atoms with Crippen molar-refractivity contribution < 1.29 is 18.7 Å². The van der Waals surface area contributed by atoms with Crippen LogP contribution >= 0.6 is 11.3 Å². The van der Waals surface area contributed by atoms with Gasteiger partial charge in [0.05, 0.1) is 24.5 Å². The number of rotatable bonds is 5. The summed E-state index contributed by atoms with van der Waals surface area (Å²) in [6.07, 6.45) is 2.28. The minimum absolute atomic E-state index is 0.0660. The quantitative estimate of drug-likeness (QED) is 0.222. The number of aromatic nitrogens is 2. The van der Waals surface area contributed by atoms with Crippen molar-refractivity contribution in [3.05, 3.63) is 93.5 Å². The molecule has 236 valence electrons. The third-order valence-corrected chi connectivity index (χ3v) is 9.48. The molecule has 0 radical (unpaired) electrons. The van der Waals surface area contributed by atoms with E-state index in [-0.39, 0.29) is 23.5 Å². The molecule has 5 heterocycles. The molecule has 0 unspecified atom stereocenters. The van der Waals surface area contributed by atoms with Crippen molar-refractivity contribution in [2.75, 3.05) is 26.7 Å². The number of benzene rings is 2. The van der Waals surface area contributed by atoms with Crippen LogP contribution in [0.15, 0.2) is 71.0 Å². The molecule has 0 saturated carbocycles. The molecule has 2 aromatic carbocycles. The van der Waals surface area contributed by atoms with Crippen LogP contribution in [0.25, 0.3) is 43.7 Å². The molecule has 2 aliphatic rings. The fourth-order valence-corrected chi connectivity index (χ4v) is 7.11. The fourth-order valence-electron chi connectivity index (χ4n) is 6.16. The van der Waals surface area contributed by atoms with Crippen molar-refractivity contribution in [1.82, 2.24) is 19.8 Å². The van der Waals surface area contributed by atoms with Gasteiger partial charge in [0.2, 0.25) is 0 Å². The van der Waals surface area contributed by atoms with Gasteiger partial charge in [0.1, 0.15) is 17.2 Å². The van der Waals surface area contributed by atoms with Crippen LogP contribution < -0.4 is 15.6 Å². The third kappa shape index (κ3) is 5.56. The number of nitrogens with one attached hydrogen (secondary N) is 1. The van der Waals surface area contributed by atoms with Gasteiger partial charge >= 0.3 is 6.09 Å². The molecule has 1 saturated heterocycles. The average molecular weight is 639 g/mol. The van der Waals surface area contributed by atoms with Gasteiger partial charge in [-0.15, -0.1) is 11.3 Å². The predicted molar refractivity (Wildman–Crippen MR) is 179 cm³/mol. The second-order valence-electron chi connectivity index (χ2n) is 12.8. The first-order valence-electron chi connectivity index (χ1n) is 15.4. The van der Waals surface area contributed by atoms with Crippen LogP contribution in [0.3, 0.4) is 0 Å². The molecule has 0 atom stereocenters. The molecule has 3 aromatic heterocycles. The highest BCUT2D eigenvalue weighted by molar-refractivity contribution is 7.18. The van der Waals surface area contributed by atoms with Gasteiger partial charge in [-0.3, -0.25) is 4.79 Å². The Labute approximate surface area is 270 Å². The Balaban J connectivity index is 1.38. The zero-order valence-electron chi connectivity index (χ0n) is 26.2. The number of methoxy groups -OCH3 is 1. The van der Waals surface area contributed by atoms with E-state index in [1.807, 2.05) is 38.4 Å². The van der Waals surface area contributed by atoms with Gasteiger partial charge in [-0.1, -0.05) is 12.1 Å². The minimum Gasteiger partial charge on any atom is -0.496 e. The second kappa shape index (κ2) is 11.7. The van der Waals surface area contributed by atoms with Crippen molar-refractivity contribution in [2.45, 2.75) is 45.4 Å². The smallest absolute Gasteiger partial charge is 0.410 e. The Morgan fingerprint density at radius 1 is 1.02 bits per heavy atom. The molecular formula is C36H35FN4O4S. The summed E-state index contributed by atoms with van der Waals surface area (Å²) in [5, 5.41) is 6.25. The summed E-state index contributed by atoms with van der Waals surface area (Å²) in [5.74, 6) is 0.0183. The monoisotopic (exact) mass is 638 g/mol. The first-order chi connectivity index (χ1) is 22.1. The molecule has 8 nitrogen and oxygen atoms in total. The van der Waals surface area contributed by atoms with Crippen LogP contribution in [0.1, 0.15) is 37.9 Å². The summed E-state index contributed by atoms with van der Waals surface area (Å²) in [6.45, 7) is 8.13. The van der Waals surface area contributed by atoms with E-state index in [0.717, 1.165) is 56.7 Å². The van der Waals surface area contributed by atoms with Gasteiger partial charge in [-0.2, -0.15) is 0 Å². The summed E-state index contributed by atoms with van der Waals surface area (Å²) in [7, 11) is 1.53. The highest BCUT2D eigenvalue weighted by Gasteiger charge is 2.28. The maximum atomic E-state index is 14.4. The van der Waals surface area contributed by atoms with E-state index in [1.54, 1.807) is 32.9 Å². The zero-order valence-corrected chi connectivity index (χ0v) is 27.0. The molecule has 1 amide bonds. The Morgan fingerprint density at radius 2 is 1.83 bits per heavy atom. The molecule has 1 N–H and O–H groups in total. The molecule has 10 heteroatoms. The van der Waals surface area contributed by atoms with Crippen LogP contribution in [0, 0.1) is 5.82 Å². The van der Waals surface area contributed by atoms with Crippen molar-refractivity contribution in [2.24, 2.45) is 0 Å². The largest absolute Gasteiger partial charge is 0.496 e. The summed E-state index contributed by atoms with van der Waals surface area (Å²) >= 11 is 1.59. The molecule has 1 fully saturated rings. The lowest BCUT2D eigenvalue weighted by Gasteiger charge is -2.31. The first kappa shape index (κ1) is 30.1. The van der Waals surface area contributed by atoms with Crippen LogP contribution in [-0.2, 0) is 17.7 Å².